The molecule has 0 saturated carbocycles. The molecule has 0 aliphatic carbocycles. The van der Waals surface area contributed by atoms with E-state index in [0.29, 0.717) is 13.0 Å². The Morgan fingerprint density at radius 1 is 1.22 bits per heavy atom. The van der Waals surface area contributed by atoms with Gasteiger partial charge in [0.2, 0.25) is 0 Å². The summed E-state index contributed by atoms with van der Waals surface area (Å²) in [6.07, 6.45) is 5.99. The van der Waals surface area contributed by atoms with Gasteiger partial charge in [-0.2, -0.15) is 0 Å². The van der Waals surface area contributed by atoms with Crippen molar-refractivity contribution in [2.45, 2.75) is 26.2 Å². The number of aromatic nitrogens is 1. The number of nitrogens with two attached hydrogens (primary N) is 1. The molecule has 122 valence electrons. The van der Waals surface area contributed by atoms with Gasteiger partial charge in [0.15, 0.2) is 0 Å². The van der Waals surface area contributed by atoms with Crippen LogP contribution in [0.5, 0.6) is 0 Å². The van der Waals surface area contributed by atoms with Crippen molar-refractivity contribution in [3.8, 4) is 0 Å². The van der Waals surface area contributed by atoms with Gasteiger partial charge in [0.1, 0.15) is 0 Å². The van der Waals surface area contributed by atoms with Crippen LogP contribution >= 0.6 is 0 Å². The van der Waals surface area contributed by atoms with Gasteiger partial charge in [-0.05, 0) is 54.1 Å². The zero-order chi connectivity index (χ0) is 16.7. The average molecular weight is 312 g/mol. The van der Waals surface area contributed by atoms with Crippen molar-refractivity contribution in [3.05, 3.63) is 65.0 Å². The molecule has 4 heteroatoms. The molecule has 0 saturated heterocycles. The molecule has 4 nitrogen and oxygen atoms in total. The third kappa shape index (κ3) is 5.18. The van der Waals surface area contributed by atoms with E-state index in [1.165, 1.54) is 23.8 Å². The van der Waals surface area contributed by atoms with E-state index in [4.69, 9.17) is 10.5 Å². The summed E-state index contributed by atoms with van der Waals surface area (Å²) in [5.41, 5.74) is 10.4. The lowest BCUT2D eigenvalue weighted by Crippen LogP contribution is -2.15. The quantitative estimate of drug-likeness (QED) is 0.798. The van der Waals surface area contributed by atoms with Crippen molar-refractivity contribution < 1.29 is 9.53 Å². The number of rotatable bonds is 7. The van der Waals surface area contributed by atoms with Gasteiger partial charge < -0.3 is 10.5 Å². The van der Waals surface area contributed by atoms with Crippen LogP contribution in [0.3, 0.4) is 0 Å². The Morgan fingerprint density at radius 2 is 1.96 bits per heavy atom. The largest absolute Gasteiger partial charge is 0.469 e. The number of carbonyl (C=O) groups is 1. The third-order valence-electron chi connectivity index (χ3n) is 3.82. The van der Waals surface area contributed by atoms with Crippen molar-refractivity contribution in [1.82, 2.24) is 4.98 Å². The molecule has 0 amide bonds. The molecule has 0 radical (unpaired) electrons. The van der Waals surface area contributed by atoms with Crippen LogP contribution in [-0.4, -0.2) is 24.6 Å². The third-order valence-corrected chi connectivity index (χ3v) is 3.82. The molecule has 1 aromatic carbocycles. The fourth-order valence-corrected chi connectivity index (χ4v) is 2.75. The second-order valence-electron chi connectivity index (χ2n) is 5.86. The molecular formula is C19H24N2O2. The maximum Gasteiger partial charge on any atom is 0.308 e. The number of nitrogens with zero attached hydrogens (tertiary/aromatic N) is 1. The normalized spacial score (nSPS) is 12.0. The maximum absolute atomic E-state index is 11.7. The van der Waals surface area contributed by atoms with Crippen molar-refractivity contribution in [2.24, 2.45) is 11.7 Å². The second kappa shape index (κ2) is 8.44. The van der Waals surface area contributed by atoms with E-state index in [1.54, 1.807) is 6.20 Å². The number of esters is 1. The van der Waals surface area contributed by atoms with Crippen LogP contribution in [0.1, 0.15) is 29.2 Å². The summed E-state index contributed by atoms with van der Waals surface area (Å²) in [6.45, 7) is 2.50. The van der Waals surface area contributed by atoms with Crippen molar-refractivity contribution in [2.75, 3.05) is 13.7 Å². The van der Waals surface area contributed by atoms with Gasteiger partial charge in [0.05, 0.1) is 13.0 Å². The highest BCUT2D eigenvalue weighted by molar-refractivity contribution is 5.72. The summed E-state index contributed by atoms with van der Waals surface area (Å²) in [5.74, 6) is -0.331. The first-order valence-corrected chi connectivity index (χ1v) is 7.91. The van der Waals surface area contributed by atoms with Gasteiger partial charge in [-0.3, -0.25) is 9.78 Å². The standard InChI is InChI=1S/C19H24N2O2/c1-14(19(22)23-2)8-17-9-15(5-6-20)10-18(12-17)11-16-4-3-7-21-13-16/h3-4,7,9-10,12-14H,5-6,8,11,20H2,1-2H3. The lowest BCUT2D eigenvalue weighted by Gasteiger charge is -2.13. The zero-order valence-corrected chi connectivity index (χ0v) is 13.8. The molecular weight excluding hydrogens is 288 g/mol. The van der Waals surface area contributed by atoms with Crippen LogP contribution in [0.15, 0.2) is 42.7 Å². The lowest BCUT2D eigenvalue weighted by molar-refractivity contribution is -0.144. The van der Waals surface area contributed by atoms with E-state index in [0.717, 1.165) is 18.4 Å². The number of methoxy groups -OCH3 is 1. The van der Waals surface area contributed by atoms with E-state index in [1.807, 2.05) is 19.2 Å². The highest BCUT2D eigenvalue weighted by Crippen LogP contribution is 2.18. The van der Waals surface area contributed by atoms with Gasteiger partial charge >= 0.3 is 5.97 Å². The highest BCUT2D eigenvalue weighted by Gasteiger charge is 2.14. The summed E-state index contributed by atoms with van der Waals surface area (Å²) in [4.78, 5) is 15.8. The Bertz CT molecular complexity index is 641. The number of pyridine rings is 1. The number of ether oxygens (including phenoxy) is 1. The second-order valence-corrected chi connectivity index (χ2v) is 5.86. The lowest BCUT2D eigenvalue weighted by atomic mass is 9.94. The predicted molar refractivity (Wildman–Crippen MR) is 91.1 cm³/mol. The van der Waals surface area contributed by atoms with Crippen molar-refractivity contribution >= 4 is 5.97 Å². The molecule has 0 aliphatic rings. The van der Waals surface area contributed by atoms with Crippen LogP contribution in [0.25, 0.3) is 0 Å². The minimum Gasteiger partial charge on any atom is -0.469 e. The summed E-state index contributed by atoms with van der Waals surface area (Å²) < 4.78 is 4.82. The molecule has 0 spiro atoms. The Labute approximate surface area is 137 Å². The molecule has 2 rings (SSSR count). The van der Waals surface area contributed by atoms with Gasteiger partial charge in [0.25, 0.3) is 0 Å². The number of hydrogen-bond donors (Lipinski definition) is 1. The van der Waals surface area contributed by atoms with Crippen molar-refractivity contribution in [1.29, 1.82) is 0 Å². The molecule has 2 aromatic rings. The zero-order valence-electron chi connectivity index (χ0n) is 13.8. The molecule has 1 atom stereocenters. The van der Waals surface area contributed by atoms with Crippen LogP contribution in [-0.2, 0) is 28.8 Å². The van der Waals surface area contributed by atoms with Crippen LogP contribution in [0.2, 0.25) is 0 Å². The number of carbonyl (C=O) groups excluding carboxylic acids is 1. The molecule has 1 heterocycles. The van der Waals surface area contributed by atoms with Gasteiger partial charge in [-0.25, -0.2) is 0 Å². The predicted octanol–water partition coefficient (Wildman–Crippen LogP) is 2.53. The van der Waals surface area contributed by atoms with Crippen LogP contribution in [0, 0.1) is 5.92 Å². The smallest absolute Gasteiger partial charge is 0.308 e. The number of hydrogen-bond acceptors (Lipinski definition) is 4. The molecule has 0 bridgehead atoms. The molecule has 1 unspecified atom stereocenters. The summed E-state index contributed by atoms with van der Waals surface area (Å²) >= 11 is 0. The molecule has 0 aliphatic heterocycles. The van der Waals surface area contributed by atoms with Gasteiger partial charge in [-0.1, -0.05) is 31.2 Å². The van der Waals surface area contributed by atoms with Crippen LogP contribution < -0.4 is 5.73 Å². The Balaban J connectivity index is 2.22. The van der Waals surface area contributed by atoms with E-state index in [2.05, 4.69) is 29.2 Å². The Morgan fingerprint density at radius 3 is 2.61 bits per heavy atom. The van der Waals surface area contributed by atoms with E-state index in [9.17, 15) is 4.79 Å². The first-order chi connectivity index (χ1) is 11.1. The monoisotopic (exact) mass is 312 g/mol. The highest BCUT2D eigenvalue weighted by atomic mass is 16.5. The number of benzene rings is 1. The summed E-state index contributed by atoms with van der Waals surface area (Å²) in [7, 11) is 1.43. The van der Waals surface area contributed by atoms with Gasteiger partial charge in [-0.15, -0.1) is 0 Å². The molecule has 2 N–H and O–H groups in total. The van der Waals surface area contributed by atoms with Crippen molar-refractivity contribution in [3.63, 3.8) is 0 Å². The SMILES string of the molecule is COC(=O)C(C)Cc1cc(CCN)cc(Cc2cccnc2)c1. The minimum atomic E-state index is -0.178. The molecule has 1 aromatic heterocycles. The van der Waals surface area contributed by atoms with Gasteiger partial charge in [0, 0.05) is 12.4 Å². The topological polar surface area (TPSA) is 65.2 Å². The molecule has 0 fully saturated rings. The summed E-state index contributed by atoms with van der Waals surface area (Å²) in [5, 5.41) is 0. The van der Waals surface area contributed by atoms with E-state index >= 15 is 0 Å². The van der Waals surface area contributed by atoms with E-state index < -0.39 is 0 Å². The fraction of sp³-hybridized carbons (Fsp3) is 0.368. The first kappa shape index (κ1) is 17.2. The van der Waals surface area contributed by atoms with E-state index in [-0.39, 0.29) is 11.9 Å². The Hall–Kier alpha value is -2.20. The maximum atomic E-state index is 11.7. The fourth-order valence-electron chi connectivity index (χ4n) is 2.75. The van der Waals surface area contributed by atoms with Crippen LogP contribution in [0.4, 0.5) is 0 Å². The first-order valence-electron chi connectivity index (χ1n) is 7.91. The average Bonchev–Trinajstić information content (AvgIpc) is 2.55. The Kier molecular flexibility index (Phi) is 6.29. The molecule has 23 heavy (non-hydrogen) atoms. The summed E-state index contributed by atoms with van der Waals surface area (Å²) in [6, 6.07) is 10.5. The minimum absolute atomic E-state index is 0.153.